The van der Waals surface area contributed by atoms with Crippen LogP contribution < -0.4 is 10.1 Å². The van der Waals surface area contributed by atoms with E-state index in [0.717, 1.165) is 55.0 Å². The molecule has 3 aromatic rings. The Bertz CT molecular complexity index is 1180. The Morgan fingerprint density at radius 2 is 2.00 bits per heavy atom. The fourth-order valence-corrected chi connectivity index (χ4v) is 5.70. The van der Waals surface area contributed by atoms with Gasteiger partial charge in [0.2, 0.25) is 5.91 Å². The highest BCUT2D eigenvalue weighted by molar-refractivity contribution is 5.79. The molecule has 6 rings (SSSR count). The second-order valence-electron chi connectivity index (χ2n) is 9.42. The van der Waals surface area contributed by atoms with Crippen molar-refractivity contribution in [2.24, 2.45) is 0 Å². The fourth-order valence-electron chi connectivity index (χ4n) is 5.70. The Morgan fingerprint density at radius 3 is 2.79 bits per heavy atom. The number of methoxy groups -OCH3 is 1. The Hall–Kier alpha value is -3.32. The van der Waals surface area contributed by atoms with E-state index in [-0.39, 0.29) is 17.0 Å². The summed E-state index contributed by atoms with van der Waals surface area (Å²) < 4.78 is 14.3. The van der Waals surface area contributed by atoms with Gasteiger partial charge >= 0.3 is 0 Å². The summed E-state index contributed by atoms with van der Waals surface area (Å²) in [4.78, 5) is 18.8. The van der Waals surface area contributed by atoms with Gasteiger partial charge in [0, 0.05) is 44.2 Å². The first kappa shape index (κ1) is 20.3. The maximum atomic E-state index is 12.8. The third-order valence-corrected chi connectivity index (χ3v) is 7.46. The van der Waals surface area contributed by atoms with Gasteiger partial charge in [-0.1, -0.05) is 0 Å². The number of hydrogen-bond donors (Lipinski definition) is 1. The molecule has 0 bridgehead atoms. The van der Waals surface area contributed by atoms with Crippen LogP contribution in [-0.2, 0) is 21.5 Å². The number of benzene rings is 1. The Labute approximate surface area is 193 Å². The van der Waals surface area contributed by atoms with Gasteiger partial charge in [0.05, 0.1) is 42.8 Å². The van der Waals surface area contributed by atoms with Crippen molar-refractivity contribution in [2.45, 2.75) is 36.8 Å². The molecule has 2 aromatic heterocycles. The van der Waals surface area contributed by atoms with E-state index in [1.807, 2.05) is 23.1 Å². The van der Waals surface area contributed by atoms with E-state index in [4.69, 9.17) is 9.47 Å². The fraction of sp³-hybridized carbons (Fsp3) is 0.385. The number of amides is 1. The van der Waals surface area contributed by atoms with Gasteiger partial charge in [0.15, 0.2) is 0 Å². The molecule has 0 saturated carbocycles. The highest BCUT2D eigenvalue weighted by Crippen LogP contribution is 2.50. The van der Waals surface area contributed by atoms with Crippen molar-refractivity contribution in [1.29, 1.82) is 0 Å². The smallest absolute Gasteiger partial charge is 0.226 e. The molecule has 0 aliphatic carbocycles. The van der Waals surface area contributed by atoms with Crippen LogP contribution in [0.5, 0.6) is 5.75 Å². The molecule has 3 aliphatic heterocycles. The van der Waals surface area contributed by atoms with Crippen LogP contribution in [0.3, 0.4) is 0 Å². The molecule has 7 heteroatoms. The van der Waals surface area contributed by atoms with Crippen LogP contribution in [-0.4, -0.2) is 52.8 Å². The number of piperidine rings is 1. The monoisotopic (exact) mass is 444 g/mol. The van der Waals surface area contributed by atoms with Crippen molar-refractivity contribution in [3.05, 3.63) is 72.3 Å². The summed E-state index contributed by atoms with van der Waals surface area (Å²) >= 11 is 0. The third-order valence-electron chi connectivity index (χ3n) is 7.46. The molecule has 3 aliphatic rings. The topological polar surface area (TPSA) is 68.6 Å². The molecule has 33 heavy (non-hydrogen) atoms. The molecule has 0 radical (unpaired) electrons. The number of carbonyl (C=O) groups excluding carboxylic acids is 1. The number of pyridine rings is 1. The average molecular weight is 445 g/mol. The number of aromatic nitrogens is 2. The number of anilines is 1. The molecular weight excluding hydrogens is 416 g/mol. The SMILES string of the molecule is COc1ccc2c(c1)N[C@@]1(COC3(CCN(C(=O)Cc4ccncc4)CC3)C1)c1cccn1-2. The van der Waals surface area contributed by atoms with Gasteiger partial charge in [-0.3, -0.25) is 9.78 Å². The number of ether oxygens (including phenoxy) is 2. The number of fused-ring (bicyclic) bond motifs is 4. The van der Waals surface area contributed by atoms with Crippen LogP contribution in [0.4, 0.5) is 5.69 Å². The summed E-state index contributed by atoms with van der Waals surface area (Å²) in [5.74, 6) is 1.01. The zero-order valence-corrected chi connectivity index (χ0v) is 18.8. The van der Waals surface area contributed by atoms with Crippen molar-refractivity contribution in [3.8, 4) is 11.4 Å². The number of carbonyl (C=O) groups is 1. The number of nitrogens with zero attached hydrogens (tertiary/aromatic N) is 3. The molecule has 1 aromatic carbocycles. The lowest BCUT2D eigenvalue weighted by atomic mass is 9.79. The van der Waals surface area contributed by atoms with E-state index in [9.17, 15) is 4.79 Å². The minimum atomic E-state index is -0.286. The minimum absolute atomic E-state index is 0.175. The normalized spacial score (nSPS) is 22.6. The molecule has 7 nitrogen and oxygen atoms in total. The van der Waals surface area contributed by atoms with Crippen molar-refractivity contribution in [3.63, 3.8) is 0 Å². The molecule has 2 fully saturated rings. The number of rotatable bonds is 3. The maximum absolute atomic E-state index is 12.8. The van der Waals surface area contributed by atoms with Crippen LogP contribution >= 0.6 is 0 Å². The molecule has 0 unspecified atom stereocenters. The van der Waals surface area contributed by atoms with Crippen molar-refractivity contribution in [2.75, 3.05) is 32.1 Å². The van der Waals surface area contributed by atoms with Crippen LogP contribution in [0.1, 0.15) is 30.5 Å². The van der Waals surface area contributed by atoms with E-state index in [0.29, 0.717) is 13.0 Å². The standard InChI is InChI=1S/C26H28N4O3/c1-32-20-4-5-22-21(16-20)28-26(23-3-2-12-30(22)23)17-25(33-18-26)8-13-29(14-9-25)24(31)15-19-6-10-27-11-7-19/h2-7,10-12,16,28H,8-9,13-15,17-18H2,1H3/t26-/m0/s1. The molecule has 170 valence electrons. The van der Waals surface area contributed by atoms with Crippen LogP contribution in [0.2, 0.25) is 0 Å². The average Bonchev–Trinajstić information content (AvgIpc) is 3.47. The van der Waals surface area contributed by atoms with Gasteiger partial charge in [-0.05, 0) is 54.8 Å². The first-order valence-electron chi connectivity index (χ1n) is 11.5. The number of nitrogens with one attached hydrogen (secondary N) is 1. The number of likely N-dealkylation sites (tertiary alicyclic amines) is 1. The van der Waals surface area contributed by atoms with Gasteiger partial charge in [-0.25, -0.2) is 0 Å². The summed E-state index contributed by atoms with van der Waals surface area (Å²) in [6, 6.07) is 14.3. The van der Waals surface area contributed by atoms with E-state index in [2.05, 4.69) is 45.3 Å². The zero-order valence-electron chi connectivity index (χ0n) is 18.8. The summed E-state index contributed by atoms with van der Waals surface area (Å²) in [7, 11) is 1.69. The third kappa shape index (κ3) is 3.38. The van der Waals surface area contributed by atoms with Crippen LogP contribution in [0.15, 0.2) is 61.1 Å². The Morgan fingerprint density at radius 1 is 1.18 bits per heavy atom. The maximum Gasteiger partial charge on any atom is 0.226 e. The van der Waals surface area contributed by atoms with E-state index >= 15 is 0 Å². The molecule has 2 spiro atoms. The van der Waals surface area contributed by atoms with Gasteiger partial charge < -0.3 is 24.3 Å². The molecule has 5 heterocycles. The van der Waals surface area contributed by atoms with Crippen molar-refractivity contribution < 1.29 is 14.3 Å². The van der Waals surface area contributed by atoms with Crippen LogP contribution in [0.25, 0.3) is 5.69 Å². The molecule has 1 N–H and O–H groups in total. The van der Waals surface area contributed by atoms with Gasteiger partial charge in [0.1, 0.15) is 11.3 Å². The van der Waals surface area contributed by atoms with E-state index in [1.54, 1.807) is 19.5 Å². The number of hydrogen-bond acceptors (Lipinski definition) is 5. The Kier molecular flexibility index (Phi) is 4.69. The van der Waals surface area contributed by atoms with Crippen LogP contribution in [0, 0.1) is 0 Å². The van der Waals surface area contributed by atoms with Crippen molar-refractivity contribution in [1.82, 2.24) is 14.5 Å². The van der Waals surface area contributed by atoms with Gasteiger partial charge in [-0.15, -0.1) is 0 Å². The second-order valence-corrected chi connectivity index (χ2v) is 9.42. The van der Waals surface area contributed by atoms with Crippen molar-refractivity contribution >= 4 is 11.6 Å². The summed E-state index contributed by atoms with van der Waals surface area (Å²) in [5, 5.41) is 3.82. The van der Waals surface area contributed by atoms with Gasteiger partial charge in [0.25, 0.3) is 0 Å². The lowest BCUT2D eigenvalue weighted by molar-refractivity contribution is -0.135. The van der Waals surface area contributed by atoms with Gasteiger partial charge in [-0.2, -0.15) is 0 Å². The highest BCUT2D eigenvalue weighted by Gasteiger charge is 2.54. The minimum Gasteiger partial charge on any atom is -0.497 e. The first-order valence-corrected chi connectivity index (χ1v) is 11.5. The van der Waals surface area contributed by atoms with E-state index in [1.165, 1.54) is 5.69 Å². The second kappa shape index (κ2) is 7.63. The quantitative estimate of drug-likeness (QED) is 0.670. The Balaban J connectivity index is 1.20. The lowest BCUT2D eigenvalue weighted by Gasteiger charge is -2.41. The predicted molar refractivity (Wildman–Crippen MR) is 125 cm³/mol. The largest absolute Gasteiger partial charge is 0.497 e. The first-order chi connectivity index (χ1) is 16.1. The molecular formula is C26H28N4O3. The zero-order chi connectivity index (χ0) is 22.5. The molecule has 1 amide bonds. The molecule has 1 atom stereocenters. The summed E-state index contributed by atoms with van der Waals surface area (Å²) in [6.45, 7) is 2.06. The lowest BCUT2D eigenvalue weighted by Crippen LogP contribution is -2.48. The van der Waals surface area contributed by atoms with E-state index < -0.39 is 0 Å². The predicted octanol–water partition coefficient (Wildman–Crippen LogP) is 3.53. The highest BCUT2D eigenvalue weighted by atomic mass is 16.5. The summed E-state index contributed by atoms with van der Waals surface area (Å²) in [6.07, 6.45) is 8.60. The molecule has 2 saturated heterocycles. The summed E-state index contributed by atoms with van der Waals surface area (Å²) in [5.41, 5.74) is 3.92.